The molecule has 0 saturated carbocycles. The minimum absolute atomic E-state index is 0.0654. The molecule has 1 amide bonds. The van der Waals surface area contributed by atoms with Crippen LogP contribution in [0.4, 0.5) is 0 Å². The van der Waals surface area contributed by atoms with Gasteiger partial charge in [-0.15, -0.1) is 0 Å². The van der Waals surface area contributed by atoms with Crippen LogP contribution in [0, 0.1) is 13.8 Å². The summed E-state index contributed by atoms with van der Waals surface area (Å²) in [6.07, 6.45) is 0.626. The van der Waals surface area contributed by atoms with Gasteiger partial charge in [0.1, 0.15) is 5.76 Å². The van der Waals surface area contributed by atoms with Crippen LogP contribution < -0.4 is 9.47 Å². The summed E-state index contributed by atoms with van der Waals surface area (Å²) in [7, 11) is 1.55. The summed E-state index contributed by atoms with van der Waals surface area (Å²) in [5, 5.41) is 11.3. The molecular weight excluding hydrogens is 446 g/mol. The average Bonchev–Trinajstić information content (AvgIpc) is 3.08. The number of Topliss-reactive ketones (excluding diaryl/α,β-unsaturated/α-hetero) is 1. The summed E-state index contributed by atoms with van der Waals surface area (Å²) in [6, 6.07) is 10.0. The number of benzene rings is 2. The maximum absolute atomic E-state index is 13.2. The number of carbonyl (C=O) groups is 2. The molecule has 35 heavy (non-hydrogen) atoms. The zero-order chi connectivity index (χ0) is 25.7. The number of aliphatic hydroxyl groups is 1. The van der Waals surface area contributed by atoms with Gasteiger partial charge in [-0.2, -0.15) is 0 Å². The van der Waals surface area contributed by atoms with Crippen molar-refractivity contribution < 1.29 is 28.9 Å². The maximum atomic E-state index is 13.2. The maximum Gasteiger partial charge on any atom is 0.295 e. The highest BCUT2D eigenvalue weighted by Gasteiger charge is 2.46. The molecule has 2 aromatic rings. The molecule has 0 bridgehead atoms. The Labute approximate surface area is 207 Å². The third-order valence-corrected chi connectivity index (χ3v) is 6.12. The molecule has 0 spiro atoms. The van der Waals surface area contributed by atoms with Crippen molar-refractivity contribution in [2.24, 2.45) is 0 Å². The molecule has 1 aliphatic rings. The number of ketones is 1. The zero-order valence-corrected chi connectivity index (χ0v) is 21.4. The molecule has 2 aromatic carbocycles. The van der Waals surface area contributed by atoms with Gasteiger partial charge in [-0.1, -0.05) is 18.2 Å². The van der Waals surface area contributed by atoms with Gasteiger partial charge >= 0.3 is 0 Å². The van der Waals surface area contributed by atoms with Gasteiger partial charge in [0.25, 0.3) is 11.7 Å². The van der Waals surface area contributed by atoms with Crippen LogP contribution in [0.15, 0.2) is 42.0 Å². The lowest BCUT2D eigenvalue weighted by atomic mass is 9.94. The minimum atomic E-state index is -0.763. The van der Waals surface area contributed by atoms with Crippen molar-refractivity contribution in [1.82, 2.24) is 4.90 Å². The molecule has 1 atom stereocenters. The Morgan fingerprint density at radius 2 is 1.80 bits per heavy atom. The Morgan fingerprint density at radius 3 is 2.43 bits per heavy atom. The largest absolute Gasteiger partial charge is 0.507 e. The Kier molecular flexibility index (Phi) is 8.57. The molecule has 1 heterocycles. The highest BCUT2D eigenvalue weighted by atomic mass is 16.5. The molecule has 1 aliphatic heterocycles. The van der Waals surface area contributed by atoms with Gasteiger partial charge in [0, 0.05) is 18.7 Å². The average molecular weight is 482 g/mol. The lowest BCUT2D eigenvalue weighted by Gasteiger charge is -2.26. The number of aliphatic hydroxyl groups excluding tert-OH is 1. The van der Waals surface area contributed by atoms with Gasteiger partial charge in [0.15, 0.2) is 11.5 Å². The first-order valence-corrected chi connectivity index (χ1v) is 12.0. The molecule has 1 fully saturated rings. The number of nitrogens with zero attached hydrogens (tertiary/aromatic N) is 1. The van der Waals surface area contributed by atoms with Crippen molar-refractivity contribution in [3.8, 4) is 11.5 Å². The summed E-state index contributed by atoms with van der Waals surface area (Å²) in [4.78, 5) is 27.9. The standard InChI is InChI=1S/C28H35NO6/c1-7-34-23-16-20(11-12-22(23)33-6)25-24(26(30)21-10-9-18(4)19(5)15-21)27(31)28(32)29(25)13-8-14-35-17(2)3/h9-12,15-17,25,30H,7-8,13-14H2,1-6H3/b26-24-. The van der Waals surface area contributed by atoms with E-state index in [4.69, 9.17) is 14.2 Å². The summed E-state index contributed by atoms with van der Waals surface area (Å²) in [5.74, 6) is -0.478. The number of methoxy groups -OCH3 is 1. The van der Waals surface area contributed by atoms with Crippen LogP contribution in [0.2, 0.25) is 0 Å². The van der Waals surface area contributed by atoms with E-state index in [2.05, 4.69) is 0 Å². The Bertz CT molecular complexity index is 1120. The molecule has 0 aromatic heterocycles. The molecule has 1 N–H and O–H groups in total. The third-order valence-electron chi connectivity index (χ3n) is 6.12. The number of amides is 1. The summed E-state index contributed by atoms with van der Waals surface area (Å²) >= 11 is 0. The molecule has 1 saturated heterocycles. The first kappa shape index (κ1) is 26.3. The van der Waals surface area contributed by atoms with Crippen LogP contribution in [-0.2, 0) is 14.3 Å². The number of hydrogen-bond donors (Lipinski definition) is 1. The van der Waals surface area contributed by atoms with Crippen molar-refractivity contribution in [1.29, 1.82) is 0 Å². The quantitative estimate of drug-likeness (QED) is 0.224. The van der Waals surface area contributed by atoms with Crippen molar-refractivity contribution in [2.45, 2.75) is 53.2 Å². The Hall–Kier alpha value is -3.32. The molecule has 7 heteroatoms. The molecule has 7 nitrogen and oxygen atoms in total. The van der Waals surface area contributed by atoms with Crippen molar-refractivity contribution >= 4 is 17.4 Å². The summed E-state index contributed by atoms with van der Waals surface area (Å²) in [5.41, 5.74) is 3.27. The third kappa shape index (κ3) is 5.68. The van der Waals surface area contributed by atoms with Crippen molar-refractivity contribution in [2.75, 3.05) is 26.9 Å². The van der Waals surface area contributed by atoms with E-state index in [0.717, 1.165) is 11.1 Å². The van der Waals surface area contributed by atoms with E-state index in [0.29, 0.717) is 48.8 Å². The van der Waals surface area contributed by atoms with E-state index in [1.165, 1.54) is 4.90 Å². The normalized spacial score (nSPS) is 17.3. The molecule has 3 rings (SSSR count). The van der Waals surface area contributed by atoms with Crippen molar-refractivity contribution in [3.63, 3.8) is 0 Å². The van der Waals surface area contributed by atoms with Crippen LogP contribution in [0.3, 0.4) is 0 Å². The second-order valence-electron chi connectivity index (χ2n) is 8.91. The Balaban J connectivity index is 2.12. The molecular formula is C28H35NO6. The second kappa shape index (κ2) is 11.4. The fourth-order valence-corrected chi connectivity index (χ4v) is 4.19. The second-order valence-corrected chi connectivity index (χ2v) is 8.91. The highest BCUT2D eigenvalue weighted by molar-refractivity contribution is 6.46. The lowest BCUT2D eigenvalue weighted by molar-refractivity contribution is -0.140. The number of ether oxygens (including phenoxy) is 3. The molecule has 1 unspecified atom stereocenters. The summed E-state index contributed by atoms with van der Waals surface area (Å²) < 4.78 is 16.8. The zero-order valence-electron chi connectivity index (χ0n) is 21.4. The predicted molar refractivity (Wildman–Crippen MR) is 135 cm³/mol. The van der Waals surface area contributed by atoms with E-state index >= 15 is 0 Å². The van der Waals surface area contributed by atoms with Crippen LogP contribution in [-0.4, -0.2) is 54.7 Å². The Morgan fingerprint density at radius 1 is 1.06 bits per heavy atom. The van der Waals surface area contributed by atoms with Gasteiger partial charge in [-0.25, -0.2) is 0 Å². The predicted octanol–water partition coefficient (Wildman–Crippen LogP) is 4.95. The molecule has 188 valence electrons. The molecule has 0 radical (unpaired) electrons. The van der Waals surface area contributed by atoms with Crippen LogP contribution in [0.1, 0.15) is 55.5 Å². The minimum Gasteiger partial charge on any atom is -0.507 e. The summed E-state index contributed by atoms with van der Waals surface area (Å²) in [6.45, 7) is 10.9. The smallest absolute Gasteiger partial charge is 0.295 e. The van der Waals surface area contributed by atoms with E-state index in [9.17, 15) is 14.7 Å². The fourth-order valence-electron chi connectivity index (χ4n) is 4.19. The topological polar surface area (TPSA) is 85.3 Å². The number of rotatable bonds is 10. The fraction of sp³-hybridized carbons (Fsp3) is 0.429. The highest BCUT2D eigenvalue weighted by Crippen LogP contribution is 2.42. The van der Waals surface area contributed by atoms with Crippen LogP contribution in [0.25, 0.3) is 5.76 Å². The number of aryl methyl sites for hydroxylation is 2. The monoisotopic (exact) mass is 481 g/mol. The SMILES string of the molecule is CCOc1cc(C2/C(=C(/O)c3ccc(C)c(C)c3)C(=O)C(=O)N2CCCOC(C)C)ccc1OC. The van der Waals surface area contributed by atoms with Gasteiger partial charge in [-0.05, 0) is 75.9 Å². The van der Waals surface area contributed by atoms with E-state index < -0.39 is 17.7 Å². The number of likely N-dealkylation sites (tertiary alicyclic amines) is 1. The first-order chi connectivity index (χ1) is 16.7. The van der Waals surface area contributed by atoms with E-state index in [1.807, 2.05) is 46.8 Å². The first-order valence-electron chi connectivity index (χ1n) is 12.0. The van der Waals surface area contributed by atoms with E-state index in [1.54, 1.807) is 31.4 Å². The van der Waals surface area contributed by atoms with E-state index in [-0.39, 0.29) is 17.4 Å². The van der Waals surface area contributed by atoms with Gasteiger partial charge in [0.05, 0.1) is 31.4 Å². The lowest BCUT2D eigenvalue weighted by Crippen LogP contribution is -2.31. The van der Waals surface area contributed by atoms with Crippen LogP contribution >= 0.6 is 0 Å². The molecule has 0 aliphatic carbocycles. The van der Waals surface area contributed by atoms with Crippen LogP contribution in [0.5, 0.6) is 11.5 Å². The number of hydrogen-bond acceptors (Lipinski definition) is 6. The number of carbonyl (C=O) groups excluding carboxylic acids is 2. The van der Waals surface area contributed by atoms with Gasteiger partial charge in [0.2, 0.25) is 0 Å². The van der Waals surface area contributed by atoms with Gasteiger partial charge < -0.3 is 24.2 Å². The van der Waals surface area contributed by atoms with Crippen molar-refractivity contribution in [3.05, 3.63) is 64.2 Å². The van der Waals surface area contributed by atoms with Gasteiger partial charge in [-0.3, -0.25) is 9.59 Å².